The molecule has 96 valence electrons. The van der Waals surface area contributed by atoms with Crippen molar-refractivity contribution in [1.82, 2.24) is 9.47 Å². The predicted molar refractivity (Wildman–Crippen MR) is 67.5 cm³/mol. The van der Waals surface area contributed by atoms with Crippen molar-refractivity contribution in [2.45, 2.75) is 37.5 Å². The second kappa shape index (κ2) is 3.68. The van der Waals surface area contributed by atoms with E-state index in [4.69, 9.17) is 0 Å². The zero-order valence-corrected chi connectivity index (χ0v) is 10.3. The molecule has 4 atom stereocenters. The fraction of sp³-hybridized carbons (Fsp3) is 0.643. The quantitative estimate of drug-likeness (QED) is 0.721. The van der Waals surface area contributed by atoms with Crippen LogP contribution in [-0.4, -0.2) is 39.8 Å². The van der Waals surface area contributed by atoms with Gasteiger partial charge in [0.25, 0.3) is 5.56 Å². The molecule has 3 aliphatic rings. The lowest BCUT2D eigenvalue weighted by Gasteiger charge is -2.46. The van der Waals surface area contributed by atoms with Gasteiger partial charge < -0.3 is 9.67 Å². The molecule has 0 radical (unpaired) electrons. The number of piperidine rings is 1. The second-order valence-electron chi connectivity index (χ2n) is 5.93. The molecule has 1 aromatic heterocycles. The van der Waals surface area contributed by atoms with Gasteiger partial charge in [0.15, 0.2) is 0 Å². The molecule has 1 N–H and O–H groups in total. The summed E-state index contributed by atoms with van der Waals surface area (Å²) in [5.74, 6) is 0.910. The van der Waals surface area contributed by atoms with E-state index in [9.17, 15) is 9.90 Å². The molecule has 0 aliphatic carbocycles. The van der Waals surface area contributed by atoms with Gasteiger partial charge in [0, 0.05) is 43.4 Å². The molecule has 18 heavy (non-hydrogen) atoms. The summed E-state index contributed by atoms with van der Waals surface area (Å²) in [7, 11) is 0. The molecular formula is C14H18N2O2. The highest BCUT2D eigenvalue weighted by Crippen LogP contribution is 2.42. The summed E-state index contributed by atoms with van der Waals surface area (Å²) in [5.41, 5.74) is 1.31. The number of hydrogen-bond acceptors (Lipinski definition) is 3. The van der Waals surface area contributed by atoms with Crippen LogP contribution in [0.3, 0.4) is 0 Å². The molecule has 0 amide bonds. The number of aliphatic hydroxyl groups is 1. The number of hydrogen-bond donors (Lipinski definition) is 1. The third kappa shape index (κ3) is 1.36. The van der Waals surface area contributed by atoms with E-state index in [2.05, 4.69) is 11.0 Å². The molecule has 0 spiro atoms. The van der Waals surface area contributed by atoms with Crippen LogP contribution in [0.4, 0.5) is 0 Å². The normalized spacial score (nSPS) is 38.3. The van der Waals surface area contributed by atoms with E-state index < -0.39 is 0 Å². The molecule has 2 saturated heterocycles. The van der Waals surface area contributed by atoms with Crippen LogP contribution < -0.4 is 5.56 Å². The Morgan fingerprint density at radius 2 is 2.17 bits per heavy atom. The third-order valence-electron chi connectivity index (χ3n) is 4.97. The molecular weight excluding hydrogens is 228 g/mol. The Bertz CT molecular complexity index is 539. The van der Waals surface area contributed by atoms with Crippen LogP contribution in [0.25, 0.3) is 0 Å². The lowest BCUT2D eigenvalue weighted by molar-refractivity contribution is 0.0215. The highest BCUT2D eigenvalue weighted by molar-refractivity contribution is 5.19. The fourth-order valence-electron chi connectivity index (χ4n) is 4.27. The van der Waals surface area contributed by atoms with Crippen molar-refractivity contribution < 1.29 is 5.11 Å². The van der Waals surface area contributed by atoms with Crippen LogP contribution in [0.15, 0.2) is 23.0 Å². The van der Waals surface area contributed by atoms with Gasteiger partial charge >= 0.3 is 0 Å². The van der Waals surface area contributed by atoms with Crippen molar-refractivity contribution in [3.63, 3.8) is 0 Å². The number of aliphatic hydroxyl groups excluding tert-OH is 1. The molecule has 0 unspecified atom stereocenters. The Morgan fingerprint density at radius 3 is 3.06 bits per heavy atom. The Kier molecular flexibility index (Phi) is 2.20. The van der Waals surface area contributed by atoms with Gasteiger partial charge in [-0.15, -0.1) is 0 Å². The van der Waals surface area contributed by atoms with E-state index in [1.807, 2.05) is 10.6 Å². The maximum absolute atomic E-state index is 12.0. The van der Waals surface area contributed by atoms with Crippen LogP contribution in [-0.2, 0) is 6.54 Å². The van der Waals surface area contributed by atoms with Gasteiger partial charge in [0.1, 0.15) is 0 Å². The maximum Gasteiger partial charge on any atom is 0.250 e. The lowest BCUT2D eigenvalue weighted by atomic mass is 9.78. The highest BCUT2D eigenvalue weighted by Gasteiger charge is 2.46. The largest absolute Gasteiger partial charge is 0.391 e. The smallest absolute Gasteiger partial charge is 0.250 e. The zero-order valence-electron chi connectivity index (χ0n) is 10.3. The third-order valence-corrected chi connectivity index (χ3v) is 4.97. The highest BCUT2D eigenvalue weighted by atomic mass is 16.3. The van der Waals surface area contributed by atoms with Gasteiger partial charge in [-0.05, 0) is 24.8 Å². The molecule has 2 bridgehead atoms. The molecule has 2 fully saturated rings. The molecule has 0 saturated carbocycles. The maximum atomic E-state index is 12.0. The van der Waals surface area contributed by atoms with E-state index in [1.165, 1.54) is 5.69 Å². The van der Waals surface area contributed by atoms with Crippen LogP contribution in [0.1, 0.15) is 24.5 Å². The Morgan fingerprint density at radius 1 is 1.28 bits per heavy atom. The average molecular weight is 246 g/mol. The minimum atomic E-state index is -0.197. The molecule has 4 nitrogen and oxygen atoms in total. The lowest BCUT2D eigenvalue weighted by Crippen LogP contribution is -2.53. The molecule has 4 rings (SSSR count). The zero-order chi connectivity index (χ0) is 12.3. The van der Waals surface area contributed by atoms with Crippen molar-refractivity contribution in [2.75, 3.05) is 13.1 Å². The first-order chi connectivity index (χ1) is 8.74. The predicted octanol–water partition coefficient (Wildman–Crippen LogP) is 0.401. The summed E-state index contributed by atoms with van der Waals surface area (Å²) in [6.07, 6.45) is 1.82. The summed E-state index contributed by atoms with van der Waals surface area (Å²) >= 11 is 0. The van der Waals surface area contributed by atoms with Gasteiger partial charge in [-0.25, -0.2) is 0 Å². The Balaban J connectivity index is 1.79. The number of nitrogens with zero attached hydrogens (tertiary/aromatic N) is 2. The first kappa shape index (κ1) is 10.8. The van der Waals surface area contributed by atoms with Gasteiger partial charge in [-0.1, -0.05) is 6.07 Å². The summed E-state index contributed by atoms with van der Waals surface area (Å²) < 4.78 is 1.93. The van der Waals surface area contributed by atoms with Crippen molar-refractivity contribution in [1.29, 1.82) is 0 Å². The van der Waals surface area contributed by atoms with Gasteiger partial charge in [0.2, 0.25) is 0 Å². The molecule has 0 aromatic carbocycles. The number of aromatic nitrogens is 1. The van der Waals surface area contributed by atoms with Crippen LogP contribution in [0.2, 0.25) is 0 Å². The molecule has 3 aliphatic heterocycles. The van der Waals surface area contributed by atoms with Crippen LogP contribution in [0.5, 0.6) is 0 Å². The number of pyridine rings is 1. The Hall–Kier alpha value is -1.13. The second-order valence-corrected chi connectivity index (χ2v) is 5.93. The van der Waals surface area contributed by atoms with Gasteiger partial charge in [0.05, 0.1) is 6.10 Å². The minimum absolute atomic E-state index is 0.114. The van der Waals surface area contributed by atoms with Gasteiger partial charge in [-0.2, -0.15) is 0 Å². The van der Waals surface area contributed by atoms with Crippen molar-refractivity contribution >= 4 is 0 Å². The van der Waals surface area contributed by atoms with Crippen molar-refractivity contribution in [2.24, 2.45) is 5.92 Å². The van der Waals surface area contributed by atoms with E-state index in [-0.39, 0.29) is 17.7 Å². The average Bonchev–Trinajstić information content (AvgIpc) is 2.73. The van der Waals surface area contributed by atoms with Crippen molar-refractivity contribution in [3.8, 4) is 0 Å². The topological polar surface area (TPSA) is 45.5 Å². The SMILES string of the molecule is O=c1cccc2n1C[C@H]1C[C@@H]2CN2CC[C@H](O)[C@H]12. The van der Waals surface area contributed by atoms with Crippen LogP contribution in [0, 0.1) is 5.92 Å². The first-order valence-corrected chi connectivity index (χ1v) is 6.86. The van der Waals surface area contributed by atoms with Crippen molar-refractivity contribution in [3.05, 3.63) is 34.2 Å². The molecule has 1 aromatic rings. The van der Waals surface area contributed by atoms with E-state index >= 15 is 0 Å². The van der Waals surface area contributed by atoms with E-state index in [0.29, 0.717) is 11.8 Å². The van der Waals surface area contributed by atoms with Crippen LogP contribution >= 0.6 is 0 Å². The van der Waals surface area contributed by atoms with E-state index in [1.54, 1.807) is 6.07 Å². The summed E-state index contributed by atoms with van der Waals surface area (Å²) in [6, 6.07) is 5.89. The van der Waals surface area contributed by atoms with E-state index in [0.717, 1.165) is 32.5 Å². The summed E-state index contributed by atoms with van der Waals surface area (Å²) in [4.78, 5) is 14.4. The first-order valence-electron chi connectivity index (χ1n) is 6.86. The monoisotopic (exact) mass is 246 g/mol. The molecule has 4 heterocycles. The summed E-state index contributed by atoms with van der Waals surface area (Å²) in [5, 5.41) is 10.1. The number of fused-ring (bicyclic) bond motifs is 6. The Labute approximate surface area is 106 Å². The fourth-order valence-corrected chi connectivity index (χ4v) is 4.27. The molecule has 4 heteroatoms. The van der Waals surface area contributed by atoms with Gasteiger partial charge in [-0.3, -0.25) is 9.69 Å². The summed E-state index contributed by atoms with van der Waals surface area (Å²) in [6.45, 7) is 2.79. The number of rotatable bonds is 0. The standard InChI is InChI=1S/C14H18N2O2/c17-12-4-5-15-7-9-6-10(14(12)15)8-16-11(9)2-1-3-13(16)18/h1-3,9-10,12,14,17H,4-8H2/t9-,10-,12+,14+/m1/s1. The minimum Gasteiger partial charge on any atom is -0.391 e.